The van der Waals surface area contributed by atoms with E-state index in [0.717, 1.165) is 19.4 Å². The van der Waals surface area contributed by atoms with E-state index >= 15 is 0 Å². The van der Waals surface area contributed by atoms with E-state index < -0.39 is 0 Å². The van der Waals surface area contributed by atoms with Gasteiger partial charge in [-0.05, 0) is 32.7 Å². The fourth-order valence-electron chi connectivity index (χ4n) is 2.37. The van der Waals surface area contributed by atoms with Gasteiger partial charge in [0.2, 0.25) is 5.91 Å². The van der Waals surface area contributed by atoms with Crippen LogP contribution >= 0.6 is 0 Å². The number of amides is 1. The van der Waals surface area contributed by atoms with Crippen LogP contribution in [0, 0.1) is 0 Å². The molecule has 0 aromatic heterocycles. The van der Waals surface area contributed by atoms with Crippen LogP contribution in [0.15, 0.2) is 0 Å². The van der Waals surface area contributed by atoms with Crippen LogP contribution in [0.2, 0.25) is 0 Å². The van der Waals surface area contributed by atoms with Crippen molar-refractivity contribution in [3.63, 3.8) is 0 Å². The molecule has 2 atom stereocenters. The predicted molar refractivity (Wildman–Crippen MR) is 72.0 cm³/mol. The van der Waals surface area contributed by atoms with Crippen molar-refractivity contribution in [3.05, 3.63) is 0 Å². The molecule has 1 heterocycles. The normalized spacial score (nSPS) is 22.1. The number of unbranched alkanes of at least 4 members (excludes halogenated alkanes) is 3. The van der Waals surface area contributed by atoms with Crippen molar-refractivity contribution in [2.75, 3.05) is 6.54 Å². The first-order valence-electron chi connectivity index (χ1n) is 7.27. The van der Waals surface area contributed by atoms with Gasteiger partial charge in [0.1, 0.15) is 0 Å². The average Bonchev–Trinajstić information content (AvgIpc) is 2.36. The fraction of sp³-hybridized carbons (Fsp3) is 0.929. The molecule has 3 nitrogen and oxygen atoms in total. The van der Waals surface area contributed by atoms with E-state index in [2.05, 4.69) is 24.5 Å². The Bertz CT molecular complexity index is 212. The molecular weight excluding hydrogens is 212 g/mol. The van der Waals surface area contributed by atoms with E-state index in [9.17, 15) is 4.79 Å². The molecule has 17 heavy (non-hydrogen) atoms. The quantitative estimate of drug-likeness (QED) is 0.672. The van der Waals surface area contributed by atoms with Gasteiger partial charge in [-0.2, -0.15) is 0 Å². The van der Waals surface area contributed by atoms with Crippen LogP contribution in [0.25, 0.3) is 0 Å². The third kappa shape index (κ3) is 6.06. The Morgan fingerprint density at radius 3 is 2.82 bits per heavy atom. The topological polar surface area (TPSA) is 41.1 Å². The highest BCUT2D eigenvalue weighted by molar-refractivity contribution is 5.82. The zero-order chi connectivity index (χ0) is 12.5. The maximum atomic E-state index is 11.9. The molecule has 1 aliphatic heterocycles. The van der Waals surface area contributed by atoms with Crippen molar-refractivity contribution in [1.29, 1.82) is 0 Å². The van der Waals surface area contributed by atoms with Gasteiger partial charge in [0.25, 0.3) is 0 Å². The molecule has 0 spiro atoms. The maximum Gasteiger partial charge on any atom is 0.237 e. The molecule has 1 fully saturated rings. The summed E-state index contributed by atoms with van der Waals surface area (Å²) in [4.78, 5) is 11.9. The number of carbonyl (C=O) groups excluding carboxylic acids is 1. The van der Waals surface area contributed by atoms with Crippen LogP contribution in [-0.2, 0) is 4.79 Å². The number of rotatable bonds is 7. The zero-order valence-corrected chi connectivity index (χ0v) is 11.4. The number of hydrogen-bond donors (Lipinski definition) is 2. The molecule has 0 aliphatic carbocycles. The largest absolute Gasteiger partial charge is 0.352 e. The van der Waals surface area contributed by atoms with E-state index in [1.807, 2.05) is 0 Å². The van der Waals surface area contributed by atoms with E-state index in [1.165, 1.54) is 38.5 Å². The first-order chi connectivity index (χ1) is 8.24. The van der Waals surface area contributed by atoms with Gasteiger partial charge in [-0.1, -0.05) is 39.0 Å². The monoisotopic (exact) mass is 240 g/mol. The fourth-order valence-corrected chi connectivity index (χ4v) is 2.37. The first-order valence-corrected chi connectivity index (χ1v) is 7.27. The second-order valence-electron chi connectivity index (χ2n) is 5.26. The molecule has 1 saturated heterocycles. The molecule has 1 amide bonds. The minimum absolute atomic E-state index is 0.0573. The molecule has 0 radical (unpaired) electrons. The minimum atomic E-state index is 0.0573. The van der Waals surface area contributed by atoms with Gasteiger partial charge in [-0.15, -0.1) is 0 Å². The van der Waals surface area contributed by atoms with Crippen LogP contribution in [0.3, 0.4) is 0 Å². The highest BCUT2D eigenvalue weighted by atomic mass is 16.2. The average molecular weight is 240 g/mol. The van der Waals surface area contributed by atoms with Gasteiger partial charge in [0.05, 0.1) is 6.04 Å². The summed E-state index contributed by atoms with van der Waals surface area (Å²) in [5, 5.41) is 6.41. The van der Waals surface area contributed by atoms with Crippen molar-refractivity contribution in [2.45, 2.75) is 77.3 Å². The van der Waals surface area contributed by atoms with Gasteiger partial charge >= 0.3 is 0 Å². The summed E-state index contributed by atoms with van der Waals surface area (Å²) >= 11 is 0. The number of nitrogens with one attached hydrogen (secondary N) is 2. The molecule has 1 rings (SSSR count). The molecule has 3 heteroatoms. The van der Waals surface area contributed by atoms with Gasteiger partial charge < -0.3 is 10.6 Å². The third-order valence-corrected chi connectivity index (χ3v) is 3.51. The van der Waals surface area contributed by atoms with Crippen molar-refractivity contribution in [2.24, 2.45) is 0 Å². The SMILES string of the molecule is CCCCCCC(C)NC(=O)[C@@H]1CCCCN1. The van der Waals surface area contributed by atoms with E-state index in [4.69, 9.17) is 0 Å². The lowest BCUT2D eigenvalue weighted by Gasteiger charge is -2.24. The van der Waals surface area contributed by atoms with Gasteiger partial charge in [-0.25, -0.2) is 0 Å². The number of carbonyl (C=O) groups is 1. The molecule has 100 valence electrons. The number of piperidine rings is 1. The second kappa shape index (κ2) is 8.51. The Morgan fingerprint density at radius 2 is 2.18 bits per heavy atom. The van der Waals surface area contributed by atoms with Gasteiger partial charge in [-0.3, -0.25) is 4.79 Å². The summed E-state index contributed by atoms with van der Waals surface area (Å²) in [5.74, 6) is 0.202. The molecule has 0 saturated carbocycles. The Balaban J connectivity index is 2.11. The highest BCUT2D eigenvalue weighted by Gasteiger charge is 2.21. The number of hydrogen-bond acceptors (Lipinski definition) is 2. The Labute approximate surface area is 106 Å². The van der Waals surface area contributed by atoms with Crippen LogP contribution in [0.1, 0.15) is 65.2 Å². The molecule has 0 bridgehead atoms. The Morgan fingerprint density at radius 1 is 1.35 bits per heavy atom. The van der Waals surface area contributed by atoms with Crippen LogP contribution in [0.5, 0.6) is 0 Å². The first kappa shape index (κ1) is 14.5. The lowest BCUT2D eigenvalue weighted by molar-refractivity contribution is -0.124. The molecule has 0 aromatic carbocycles. The highest BCUT2D eigenvalue weighted by Crippen LogP contribution is 2.09. The van der Waals surface area contributed by atoms with Gasteiger partial charge in [0.15, 0.2) is 0 Å². The standard InChI is InChI=1S/C14H28N2O/c1-3-4-5-6-9-12(2)16-14(17)13-10-7-8-11-15-13/h12-13,15H,3-11H2,1-2H3,(H,16,17)/t12?,13-/m0/s1. The van der Waals surface area contributed by atoms with Crippen molar-refractivity contribution in [3.8, 4) is 0 Å². The molecule has 2 N–H and O–H groups in total. The van der Waals surface area contributed by atoms with Crippen molar-refractivity contribution >= 4 is 5.91 Å². The summed E-state index contributed by atoms with van der Waals surface area (Å²) in [6.45, 7) is 5.33. The lowest BCUT2D eigenvalue weighted by Crippen LogP contribution is -2.48. The molecule has 0 aromatic rings. The summed E-state index contributed by atoms with van der Waals surface area (Å²) < 4.78 is 0. The Hall–Kier alpha value is -0.570. The van der Waals surface area contributed by atoms with E-state index in [1.54, 1.807) is 0 Å². The van der Waals surface area contributed by atoms with Crippen LogP contribution < -0.4 is 10.6 Å². The maximum absolute atomic E-state index is 11.9. The smallest absolute Gasteiger partial charge is 0.237 e. The van der Waals surface area contributed by atoms with Crippen molar-refractivity contribution < 1.29 is 4.79 Å². The van der Waals surface area contributed by atoms with E-state index in [-0.39, 0.29) is 11.9 Å². The summed E-state index contributed by atoms with van der Waals surface area (Å²) in [5.41, 5.74) is 0. The summed E-state index contributed by atoms with van der Waals surface area (Å²) in [7, 11) is 0. The second-order valence-corrected chi connectivity index (χ2v) is 5.26. The van der Waals surface area contributed by atoms with E-state index in [0.29, 0.717) is 6.04 Å². The van der Waals surface area contributed by atoms with Crippen LogP contribution in [-0.4, -0.2) is 24.5 Å². The zero-order valence-electron chi connectivity index (χ0n) is 11.4. The van der Waals surface area contributed by atoms with Crippen LogP contribution in [0.4, 0.5) is 0 Å². The van der Waals surface area contributed by atoms with Gasteiger partial charge in [0, 0.05) is 6.04 Å². The third-order valence-electron chi connectivity index (χ3n) is 3.51. The summed E-state index contributed by atoms with van der Waals surface area (Å²) in [6, 6.07) is 0.380. The summed E-state index contributed by atoms with van der Waals surface area (Å²) in [6.07, 6.45) is 9.59. The Kier molecular flexibility index (Phi) is 7.25. The molecular formula is C14H28N2O. The molecule has 1 aliphatic rings. The lowest BCUT2D eigenvalue weighted by atomic mass is 10.0. The van der Waals surface area contributed by atoms with Crippen molar-refractivity contribution in [1.82, 2.24) is 10.6 Å². The minimum Gasteiger partial charge on any atom is -0.352 e. The predicted octanol–water partition coefficient (Wildman–Crippen LogP) is 2.60. The molecule has 1 unspecified atom stereocenters.